The summed E-state index contributed by atoms with van der Waals surface area (Å²) in [7, 11) is 0. The maximum Gasteiger partial charge on any atom is 0.252 e. The van der Waals surface area contributed by atoms with E-state index in [0.717, 1.165) is 0 Å². The van der Waals surface area contributed by atoms with Gasteiger partial charge in [0.05, 0.1) is 22.1 Å². The minimum atomic E-state index is -0.671. The van der Waals surface area contributed by atoms with Crippen molar-refractivity contribution in [2.75, 3.05) is 0 Å². The van der Waals surface area contributed by atoms with E-state index in [1.807, 2.05) is 0 Å². The maximum absolute atomic E-state index is 2.83. The second-order valence-electron chi connectivity index (χ2n) is 30.2. The molecule has 0 N–H and O–H groups in total. The molecule has 5 heterocycles. The highest BCUT2D eigenvalue weighted by Gasteiger charge is 2.56. The van der Waals surface area contributed by atoms with Gasteiger partial charge in [0.1, 0.15) is 0 Å². The molecule has 0 bridgehead atoms. The van der Waals surface area contributed by atoms with Gasteiger partial charge < -0.3 is 9.13 Å². The molecule has 1 aliphatic carbocycles. The van der Waals surface area contributed by atoms with Crippen LogP contribution < -0.4 is 16.4 Å². The Balaban J connectivity index is 1.18. The van der Waals surface area contributed by atoms with Gasteiger partial charge in [-0.15, -0.1) is 0 Å². The molecule has 82 heavy (non-hydrogen) atoms. The van der Waals surface area contributed by atoms with Crippen molar-refractivity contribution in [3.8, 4) is 44.8 Å². The summed E-state index contributed by atoms with van der Waals surface area (Å²) in [6.07, 6.45) is 0. The number of hydrogen-bond donors (Lipinski definition) is 0. The maximum atomic E-state index is 2.83. The lowest BCUT2D eigenvalue weighted by Gasteiger charge is -2.45. The molecule has 1 spiro atoms. The van der Waals surface area contributed by atoms with Crippen LogP contribution in [-0.4, -0.2) is 15.8 Å². The smallest absolute Gasteiger partial charge is 0.252 e. The highest BCUT2D eigenvalue weighted by molar-refractivity contribution is 7.00. The van der Waals surface area contributed by atoms with Crippen molar-refractivity contribution in [3.05, 3.63) is 220 Å². The monoisotopic (exact) mass is 1060 g/mol. The minimum Gasteiger partial charge on any atom is -0.310 e. The molecular weight excluding hydrogens is 988 g/mol. The molecule has 2 aromatic heterocycles. The summed E-state index contributed by atoms with van der Waals surface area (Å²) in [4.78, 5) is 0. The summed E-state index contributed by atoms with van der Waals surface area (Å²) in [6, 6.07) is 68.2. The Morgan fingerprint density at radius 3 is 1.46 bits per heavy atom. The summed E-state index contributed by atoms with van der Waals surface area (Å²) in [5.41, 5.74) is 31.2. The SMILES string of the molecule is CC(C)(C)c1ccc2c(c1)C1(c3ccccc3-2)c2cc(-c3ccc4cc(-c5ccccc5)ccc4c3)c3c4c2-n2c5c(cc(C(C)(C)C)cc5c5cc(C(C)(C)C)cc1c52)B4c1cc(C(C)(C)C)cc2c4cc(C(C)(C)C)ccc4n-3c12. The van der Waals surface area contributed by atoms with Gasteiger partial charge in [-0.2, -0.15) is 0 Å². The first kappa shape index (κ1) is 49.9. The molecule has 0 radical (unpaired) electrons. The standard InChI is InChI=1S/C79H73BN2/c1-74(2,3)49-30-32-67-57(35-49)58-37-52(77(10,11)12)41-65-70(58)81(67)72-56(48-28-27-46-33-45(25-26-47(46)34-48)44-21-17-16-18-22-44)43-64-73-68(72)80(65)66-42-53(78(13,14)15)38-60-59-36-51(76(7,8)9)40-63(69(59)82(73)71(60)66)79(64)61-24-20-19-23-54(61)55-31-29-50(39-62(55)79)75(4,5)6/h16-43H,1-15H3. The number of fused-ring (bicyclic) bond motifs is 15. The van der Waals surface area contributed by atoms with E-state index >= 15 is 0 Å². The van der Waals surface area contributed by atoms with E-state index < -0.39 is 5.41 Å². The van der Waals surface area contributed by atoms with Crippen LogP contribution in [0, 0.1) is 0 Å². The van der Waals surface area contributed by atoms with Gasteiger partial charge in [0.2, 0.25) is 0 Å². The van der Waals surface area contributed by atoms with Crippen LogP contribution in [0.2, 0.25) is 0 Å². The second-order valence-corrected chi connectivity index (χ2v) is 30.2. The van der Waals surface area contributed by atoms with Crippen LogP contribution in [-0.2, 0) is 32.5 Å². The third-order valence-corrected chi connectivity index (χ3v) is 20.0. The molecule has 1 unspecified atom stereocenters. The van der Waals surface area contributed by atoms with Gasteiger partial charge in [-0.1, -0.05) is 225 Å². The highest BCUT2D eigenvalue weighted by Crippen LogP contribution is 2.63. The Hall–Kier alpha value is -7.88. The summed E-state index contributed by atoms with van der Waals surface area (Å²) >= 11 is 0. The highest BCUT2D eigenvalue weighted by atomic mass is 15.1. The fraction of sp³-hybridized carbons (Fsp3) is 0.266. The van der Waals surface area contributed by atoms with Crippen molar-refractivity contribution >= 4 is 77.5 Å². The van der Waals surface area contributed by atoms with E-state index in [9.17, 15) is 0 Å². The zero-order chi connectivity index (χ0) is 56.9. The lowest BCUT2D eigenvalue weighted by molar-refractivity contribution is 0.585. The Labute approximate surface area is 484 Å². The van der Waals surface area contributed by atoms with Crippen molar-refractivity contribution in [2.45, 2.75) is 136 Å². The van der Waals surface area contributed by atoms with Crippen LogP contribution in [0.3, 0.4) is 0 Å². The first-order valence-electron chi connectivity index (χ1n) is 30.2. The van der Waals surface area contributed by atoms with Crippen molar-refractivity contribution in [2.24, 2.45) is 0 Å². The average molecular weight is 1060 g/mol. The molecule has 3 heteroatoms. The summed E-state index contributed by atoms with van der Waals surface area (Å²) in [6.45, 7) is 35.9. The van der Waals surface area contributed by atoms with Gasteiger partial charge in [-0.05, 0) is 181 Å². The van der Waals surface area contributed by atoms with Crippen LogP contribution in [0.5, 0.6) is 0 Å². The van der Waals surface area contributed by atoms with Crippen LogP contribution in [0.4, 0.5) is 0 Å². The van der Waals surface area contributed by atoms with E-state index in [0.29, 0.717) is 0 Å². The van der Waals surface area contributed by atoms with Gasteiger partial charge in [0, 0.05) is 43.8 Å². The van der Waals surface area contributed by atoms with Gasteiger partial charge in [-0.3, -0.25) is 0 Å². The number of hydrogen-bond acceptors (Lipinski definition) is 0. The third-order valence-electron chi connectivity index (χ3n) is 20.0. The van der Waals surface area contributed by atoms with Crippen molar-refractivity contribution < 1.29 is 0 Å². The van der Waals surface area contributed by atoms with Gasteiger partial charge in [-0.25, -0.2) is 0 Å². The number of aromatic nitrogens is 2. The fourth-order valence-electron chi connectivity index (χ4n) is 15.5. The summed E-state index contributed by atoms with van der Waals surface area (Å²) in [5, 5.41) is 7.90. The summed E-state index contributed by atoms with van der Waals surface area (Å²) in [5.74, 6) is 0. The molecule has 2 nitrogen and oxygen atoms in total. The molecule has 0 saturated heterocycles. The molecule has 12 aromatic rings. The van der Waals surface area contributed by atoms with E-state index in [-0.39, 0.29) is 33.8 Å². The molecule has 402 valence electrons. The minimum absolute atomic E-state index is 0.0322. The Morgan fingerprint density at radius 2 is 0.817 bits per heavy atom. The third kappa shape index (κ3) is 6.49. The van der Waals surface area contributed by atoms with Crippen molar-refractivity contribution in [1.82, 2.24) is 9.13 Å². The first-order valence-corrected chi connectivity index (χ1v) is 30.2. The zero-order valence-electron chi connectivity index (χ0n) is 50.6. The van der Waals surface area contributed by atoms with E-state index in [1.54, 1.807) is 0 Å². The predicted octanol–water partition coefficient (Wildman–Crippen LogP) is 18.7. The molecule has 0 saturated carbocycles. The molecule has 0 amide bonds. The zero-order valence-corrected chi connectivity index (χ0v) is 50.6. The summed E-state index contributed by atoms with van der Waals surface area (Å²) < 4.78 is 5.59. The van der Waals surface area contributed by atoms with E-state index in [4.69, 9.17) is 0 Å². The van der Waals surface area contributed by atoms with Crippen LogP contribution in [0.25, 0.3) is 99.1 Å². The van der Waals surface area contributed by atoms with Gasteiger partial charge >= 0.3 is 0 Å². The van der Waals surface area contributed by atoms with E-state index in [1.165, 1.54) is 166 Å². The number of rotatable bonds is 2. The Kier molecular flexibility index (Phi) is 9.62. The topological polar surface area (TPSA) is 9.86 Å². The average Bonchev–Trinajstić information content (AvgIpc) is 1.40. The Bertz CT molecular complexity index is 4860. The molecule has 16 rings (SSSR count). The first-order chi connectivity index (χ1) is 38.8. The second kappa shape index (κ2) is 15.8. The molecular formula is C79H73BN2. The lowest BCUT2D eigenvalue weighted by Crippen LogP contribution is -2.61. The van der Waals surface area contributed by atoms with Gasteiger partial charge in [0.25, 0.3) is 6.71 Å². The number of benzene rings is 10. The van der Waals surface area contributed by atoms with Crippen molar-refractivity contribution in [1.29, 1.82) is 0 Å². The lowest BCUT2D eigenvalue weighted by atomic mass is 9.33. The quantitative estimate of drug-likeness (QED) is 0.153. The normalized spacial score (nSPS) is 16.0. The molecule has 1 atom stereocenters. The molecule has 10 aromatic carbocycles. The predicted molar refractivity (Wildman–Crippen MR) is 353 cm³/mol. The Morgan fingerprint density at radius 1 is 0.317 bits per heavy atom. The van der Waals surface area contributed by atoms with Crippen LogP contribution in [0.15, 0.2) is 170 Å². The molecule has 4 aliphatic rings. The fourth-order valence-corrected chi connectivity index (χ4v) is 15.5. The molecule has 3 aliphatic heterocycles. The largest absolute Gasteiger partial charge is 0.310 e. The van der Waals surface area contributed by atoms with Crippen LogP contribution in [0.1, 0.15) is 154 Å². The van der Waals surface area contributed by atoms with Gasteiger partial charge in [0.15, 0.2) is 0 Å². The van der Waals surface area contributed by atoms with Crippen LogP contribution >= 0.6 is 0 Å². The molecule has 0 fully saturated rings. The van der Waals surface area contributed by atoms with Crippen molar-refractivity contribution in [3.63, 3.8) is 0 Å². The van der Waals surface area contributed by atoms with E-state index in [2.05, 4.69) is 283 Å². The number of nitrogens with zero attached hydrogens (tertiary/aromatic N) is 2.